The average Bonchev–Trinajstić information content (AvgIpc) is 2.63. The molecule has 0 spiro atoms. The van der Waals surface area contributed by atoms with Crippen LogP contribution >= 0.6 is 0 Å². The minimum absolute atomic E-state index is 0.208. The third-order valence-corrected chi connectivity index (χ3v) is 5.02. The lowest BCUT2D eigenvalue weighted by atomic mass is 9.86. The predicted octanol–water partition coefficient (Wildman–Crippen LogP) is 1.36. The Labute approximate surface area is 161 Å². The number of nitrogens with zero attached hydrogens (tertiary/aromatic N) is 3. The van der Waals surface area contributed by atoms with Crippen LogP contribution in [-0.4, -0.2) is 79.9 Å². The Bertz CT molecular complexity index is 567. The molecule has 0 radical (unpaired) electrons. The number of nitriles is 1. The molecule has 27 heavy (non-hydrogen) atoms. The number of likely N-dealkylation sites (tertiary alicyclic amines) is 1. The Balaban J connectivity index is 2.06. The van der Waals surface area contributed by atoms with Crippen LogP contribution in [0.15, 0.2) is 0 Å². The molecule has 2 heterocycles. The summed E-state index contributed by atoms with van der Waals surface area (Å²) in [5.74, 6) is -0.391. The van der Waals surface area contributed by atoms with E-state index in [0.717, 1.165) is 13.1 Å². The number of piperidine rings is 1. The van der Waals surface area contributed by atoms with Crippen LogP contribution < -0.4 is 5.32 Å². The van der Waals surface area contributed by atoms with Crippen molar-refractivity contribution in [1.82, 2.24) is 15.1 Å². The van der Waals surface area contributed by atoms with Crippen molar-refractivity contribution in [3.05, 3.63) is 0 Å². The summed E-state index contributed by atoms with van der Waals surface area (Å²) in [7, 11) is 2.00. The van der Waals surface area contributed by atoms with Crippen LogP contribution in [0.1, 0.15) is 40.0 Å². The highest BCUT2D eigenvalue weighted by molar-refractivity contribution is 5.84. The summed E-state index contributed by atoms with van der Waals surface area (Å²) in [5, 5.41) is 12.6. The zero-order chi connectivity index (χ0) is 20.1. The van der Waals surface area contributed by atoms with Crippen molar-refractivity contribution in [3.63, 3.8) is 0 Å². The molecule has 2 fully saturated rings. The van der Waals surface area contributed by atoms with Crippen LogP contribution in [0.3, 0.4) is 0 Å². The molecule has 0 saturated carbocycles. The number of hydrogen-bond acceptors (Lipinski definition) is 6. The van der Waals surface area contributed by atoms with Crippen LogP contribution in [0.5, 0.6) is 0 Å². The molecule has 0 unspecified atom stereocenters. The molecular weight excluding hydrogens is 348 g/mol. The Morgan fingerprint density at radius 2 is 1.81 bits per heavy atom. The molecule has 2 rings (SSSR count). The smallest absolute Gasteiger partial charge is 0.410 e. The van der Waals surface area contributed by atoms with Crippen molar-refractivity contribution >= 4 is 12.0 Å². The van der Waals surface area contributed by atoms with Gasteiger partial charge in [0.25, 0.3) is 5.91 Å². The lowest BCUT2D eigenvalue weighted by molar-refractivity contribution is -0.133. The van der Waals surface area contributed by atoms with E-state index in [4.69, 9.17) is 9.47 Å². The first-order chi connectivity index (χ1) is 12.6. The molecule has 1 N–H and O–H groups in total. The van der Waals surface area contributed by atoms with Gasteiger partial charge in [0.2, 0.25) is 0 Å². The molecular formula is C19H32N4O4. The predicted molar refractivity (Wildman–Crippen MR) is 100.0 cm³/mol. The Morgan fingerprint density at radius 1 is 1.22 bits per heavy atom. The molecule has 8 nitrogen and oxygen atoms in total. The second-order valence-corrected chi connectivity index (χ2v) is 8.72. The van der Waals surface area contributed by atoms with Gasteiger partial charge in [-0.3, -0.25) is 4.79 Å². The van der Waals surface area contributed by atoms with E-state index in [2.05, 4.69) is 16.3 Å². The maximum Gasteiger partial charge on any atom is 0.410 e. The van der Waals surface area contributed by atoms with Gasteiger partial charge in [-0.05, 0) is 31.7 Å². The maximum absolute atomic E-state index is 13.0. The second kappa shape index (κ2) is 8.89. The van der Waals surface area contributed by atoms with Crippen LogP contribution in [0.25, 0.3) is 0 Å². The van der Waals surface area contributed by atoms with Gasteiger partial charge in [-0.25, -0.2) is 4.79 Å². The van der Waals surface area contributed by atoms with Crippen molar-refractivity contribution in [1.29, 1.82) is 5.26 Å². The molecule has 8 heteroatoms. The van der Waals surface area contributed by atoms with Crippen LogP contribution in [-0.2, 0) is 14.3 Å². The quantitative estimate of drug-likeness (QED) is 0.791. The standard InChI is InChI=1S/C19H32N4O4/c1-18(2,3)13-15(27-17(25)23-9-11-26-12-10-23)16(24)21-19(14-20)5-7-22(4)8-6-19/h15H,5-13H2,1-4H3,(H,21,24)/t15-/m0/s1. The van der Waals surface area contributed by atoms with Crippen molar-refractivity contribution < 1.29 is 19.1 Å². The third kappa shape index (κ3) is 6.36. The van der Waals surface area contributed by atoms with Gasteiger partial charge in [0.1, 0.15) is 5.54 Å². The molecule has 0 aromatic heterocycles. The highest BCUT2D eigenvalue weighted by Crippen LogP contribution is 2.25. The van der Waals surface area contributed by atoms with Crippen LogP contribution in [0.4, 0.5) is 4.79 Å². The lowest BCUT2D eigenvalue weighted by Crippen LogP contribution is -2.57. The third-order valence-electron chi connectivity index (χ3n) is 5.02. The molecule has 2 saturated heterocycles. The van der Waals surface area contributed by atoms with E-state index in [1.165, 1.54) is 0 Å². The lowest BCUT2D eigenvalue weighted by Gasteiger charge is -2.37. The Hall–Kier alpha value is -1.85. The van der Waals surface area contributed by atoms with Crippen molar-refractivity contribution in [2.24, 2.45) is 5.41 Å². The van der Waals surface area contributed by atoms with Crippen molar-refractivity contribution in [3.8, 4) is 6.07 Å². The number of nitrogens with one attached hydrogen (secondary N) is 1. The number of rotatable bonds is 4. The van der Waals surface area contributed by atoms with Crippen molar-refractivity contribution in [2.45, 2.75) is 51.7 Å². The average molecular weight is 380 g/mol. The first kappa shape index (κ1) is 21.5. The number of morpholine rings is 1. The van der Waals surface area contributed by atoms with E-state index in [1.54, 1.807) is 4.90 Å². The molecule has 152 valence electrons. The SMILES string of the molecule is CN1CCC(C#N)(NC(=O)[C@H](CC(C)(C)C)OC(=O)N2CCOCC2)CC1. The molecule has 1 atom stereocenters. The van der Waals surface area contributed by atoms with Crippen LogP contribution in [0, 0.1) is 16.7 Å². The molecule has 0 aromatic rings. The molecule has 2 aliphatic rings. The molecule has 0 aromatic carbocycles. The minimum atomic E-state index is -0.926. The Kier molecular flexibility index (Phi) is 7.06. The number of ether oxygens (including phenoxy) is 2. The zero-order valence-electron chi connectivity index (χ0n) is 16.9. The molecule has 2 aliphatic heterocycles. The molecule has 0 bridgehead atoms. The summed E-state index contributed by atoms with van der Waals surface area (Å²) in [6.07, 6.45) is 0.0786. The highest BCUT2D eigenvalue weighted by atomic mass is 16.6. The Morgan fingerprint density at radius 3 is 2.33 bits per heavy atom. The van der Waals surface area contributed by atoms with Gasteiger partial charge >= 0.3 is 6.09 Å². The first-order valence-corrected chi connectivity index (χ1v) is 9.59. The first-order valence-electron chi connectivity index (χ1n) is 9.59. The molecule has 2 amide bonds. The van der Waals surface area contributed by atoms with E-state index >= 15 is 0 Å². The summed E-state index contributed by atoms with van der Waals surface area (Å²) in [6, 6.07) is 2.28. The summed E-state index contributed by atoms with van der Waals surface area (Å²) < 4.78 is 10.8. The monoisotopic (exact) mass is 380 g/mol. The molecule has 0 aliphatic carbocycles. The van der Waals surface area contributed by atoms with Gasteiger partial charge in [-0.15, -0.1) is 0 Å². The van der Waals surface area contributed by atoms with Gasteiger partial charge in [0.05, 0.1) is 19.3 Å². The van der Waals surface area contributed by atoms with Gasteiger partial charge in [0.15, 0.2) is 6.10 Å². The van der Waals surface area contributed by atoms with E-state index in [-0.39, 0.29) is 5.41 Å². The van der Waals surface area contributed by atoms with E-state index in [1.807, 2.05) is 27.8 Å². The fraction of sp³-hybridized carbons (Fsp3) is 0.842. The number of amides is 2. The fourth-order valence-corrected chi connectivity index (χ4v) is 3.27. The zero-order valence-corrected chi connectivity index (χ0v) is 16.9. The van der Waals surface area contributed by atoms with E-state index < -0.39 is 23.6 Å². The summed E-state index contributed by atoms with van der Waals surface area (Å²) in [6.45, 7) is 9.31. The number of carbonyl (C=O) groups is 2. The number of hydrogen-bond donors (Lipinski definition) is 1. The van der Waals surface area contributed by atoms with Gasteiger partial charge < -0.3 is 24.6 Å². The minimum Gasteiger partial charge on any atom is -0.436 e. The van der Waals surface area contributed by atoms with E-state index in [9.17, 15) is 14.9 Å². The summed E-state index contributed by atoms with van der Waals surface area (Å²) in [4.78, 5) is 29.1. The second-order valence-electron chi connectivity index (χ2n) is 8.72. The highest BCUT2D eigenvalue weighted by Gasteiger charge is 2.39. The topological polar surface area (TPSA) is 94.9 Å². The van der Waals surface area contributed by atoms with Crippen LogP contribution in [0.2, 0.25) is 0 Å². The fourth-order valence-electron chi connectivity index (χ4n) is 3.27. The maximum atomic E-state index is 13.0. The largest absolute Gasteiger partial charge is 0.436 e. The summed E-state index contributed by atoms with van der Waals surface area (Å²) >= 11 is 0. The summed E-state index contributed by atoms with van der Waals surface area (Å²) in [5.41, 5.74) is -1.11. The van der Waals surface area contributed by atoms with Crippen molar-refractivity contribution in [2.75, 3.05) is 46.4 Å². The normalized spacial score (nSPS) is 21.8. The van der Waals surface area contributed by atoms with Gasteiger partial charge in [-0.1, -0.05) is 20.8 Å². The van der Waals surface area contributed by atoms with Gasteiger partial charge in [0, 0.05) is 26.2 Å². The van der Waals surface area contributed by atoms with Gasteiger partial charge in [-0.2, -0.15) is 5.26 Å². The number of carbonyl (C=O) groups excluding carboxylic acids is 2. The van der Waals surface area contributed by atoms with E-state index in [0.29, 0.717) is 45.6 Å².